The van der Waals surface area contributed by atoms with Gasteiger partial charge in [-0.05, 0) is 46.2 Å². The molecule has 0 spiro atoms. The zero-order chi connectivity index (χ0) is 13.6. The Morgan fingerprint density at radius 3 is 2.72 bits per heavy atom. The Bertz CT molecular complexity index is 352. The molecule has 1 rings (SSSR count). The van der Waals surface area contributed by atoms with E-state index in [0.29, 0.717) is 6.54 Å². The topological polar surface area (TPSA) is 54.3 Å². The lowest BCUT2D eigenvalue weighted by Crippen LogP contribution is -2.45. The number of nitrogens with one attached hydrogen (secondary N) is 2. The van der Waals surface area contributed by atoms with Crippen molar-refractivity contribution in [2.45, 2.75) is 52.1 Å². The van der Waals surface area contributed by atoms with Crippen molar-refractivity contribution in [3.05, 3.63) is 24.2 Å². The van der Waals surface area contributed by atoms with Gasteiger partial charge in [0.15, 0.2) is 0 Å². The van der Waals surface area contributed by atoms with E-state index in [1.54, 1.807) is 6.26 Å². The summed E-state index contributed by atoms with van der Waals surface area (Å²) in [6, 6.07) is 3.99. The van der Waals surface area contributed by atoms with Crippen LogP contribution in [0.5, 0.6) is 0 Å². The van der Waals surface area contributed by atoms with Crippen molar-refractivity contribution in [1.29, 1.82) is 0 Å². The lowest BCUT2D eigenvalue weighted by molar-refractivity contribution is -0.121. The number of hydrogen-bond donors (Lipinski definition) is 2. The maximum atomic E-state index is 11.7. The number of carbonyl (C=O) groups excluding carboxylic acids is 1. The van der Waals surface area contributed by atoms with E-state index in [4.69, 9.17) is 4.42 Å². The van der Waals surface area contributed by atoms with E-state index in [-0.39, 0.29) is 17.5 Å². The molecule has 1 heterocycles. The summed E-state index contributed by atoms with van der Waals surface area (Å²) in [4.78, 5) is 11.7. The number of rotatable bonds is 6. The van der Waals surface area contributed by atoms with E-state index in [9.17, 15) is 4.79 Å². The normalized spacial score (nSPS) is 13.3. The number of hydrogen-bond acceptors (Lipinski definition) is 3. The minimum atomic E-state index is -0.0330. The van der Waals surface area contributed by atoms with E-state index < -0.39 is 0 Å². The summed E-state index contributed by atoms with van der Waals surface area (Å²) in [7, 11) is 0. The van der Waals surface area contributed by atoms with Crippen molar-refractivity contribution < 1.29 is 9.21 Å². The fourth-order valence-electron chi connectivity index (χ4n) is 1.56. The highest BCUT2D eigenvalue weighted by atomic mass is 16.3. The largest absolute Gasteiger partial charge is 0.469 e. The number of amides is 1. The SMILES string of the molecule is CC(CCc1ccco1)NC(=O)CNC(C)(C)C. The van der Waals surface area contributed by atoms with Crippen LogP contribution in [0.2, 0.25) is 0 Å². The molecule has 0 saturated heterocycles. The van der Waals surface area contributed by atoms with Gasteiger partial charge in [0.1, 0.15) is 5.76 Å². The van der Waals surface area contributed by atoms with Crippen LogP contribution in [0.4, 0.5) is 0 Å². The molecule has 0 aliphatic carbocycles. The molecule has 0 fully saturated rings. The van der Waals surface area contributed by atoms with Gasteiger partial charge in [0, 0.05) is 18.0 Å². The van der Waals surface area contributed by atoms with Gasteiger partial charge in [0.2, 0.25) is 5.91 Å². The molecule has 1 amide bonds. The van der Waals surface area contributed by atoms with Crippen LogP contribution in [0, 0.1) is 0 Å². The molecule has 0 aliphatic heterocycles. The zero-order valence-electron chi connectivity index (χ0n) is 11.7. The molecule has 0 saturated carbocycles. The van der Waals surface area contributed by atoms with Gasteiger partial charge in [0.25, 0.3) is 0 Å². The predicted molar refractivity (Wildman–Crippen MR) is 72.4 cm³/mol. The molecule has 4 nitrogen and oxygen atoms in total. The van der Waals surface area contributed by atoms with Gasteiger partial charge in [-0.1, -0.05) is 0 Å². The molecule has 0 aromatic carbocycles. The molecule has 0 aliphatic rings. The van der Waals surface area contributed by atoms with Crippen molar-refractivity contribution in [3.63, 3.8) is 0 Å². The number of aryl methyl sites for hydroxylation is 1. The molecule has 0 radical (unpaired) electrons. The summed E-state index contributed by atoms with van der Waals surface area (Å²) < 4.78 is 5.26. The van der Waals surface area contributed by atoms with Crippen molar-refractivity contribution in [3.8, 4) is 0 Å². The van der Waals surface area contributed by atoms with E-state index in [1.807, 2.05) is 39.8 Å². The van der Waals surface area contributed by atoms with Crippen LogP contribution in [0.15, 0.2) is 22.8 Å². The van der Waals surface area contributed by atoms with Gasteiger partial charge in [-0.3, -0.25) is 4.79 Å². The number of carbonyl (C=O) groups is 1. The van der Waals surface area contributed by atoms with Crippen molar-refractivity contribution >= 4 is 5.91 Å². The second-order valence-corrected chi connectivity index (χ2v) is 5.69. The second kappa shape index (κ2) is 6.59. The van der Waals surface area contributed by atoms with Gasteiger partial charge in [-0.25, -0.2) is 0 Å². The smallest absolute Gasteiger partial charge is 0.234 e. The highest BCUT2D eigenvalue weighted by molar-refractivity contribution is 5.78. The lowest BCUT2D eigenvalue weighted by Gasteiger charge is -2.21. The molecule has 0 bridgehead atoms. The van der Waals surface area contributed by atoms with Gasteiger partial charge < -0.3 is 15.1 Å². The summed E-state index contributed by atoms with van der Waals surface area (Å²) in [5, 5.41) is 6.14. The Kier molecular flexibility index (Phi) is 5.41. The second-order valence-electron chi connectivity index (χ2n) is 5.69. The summed E-state index contributed by atoms with van der Waals surface area (Å²) in [6.45, 7) is 8.49. The Morgan fingerprint density at radius 2 is 2.17 bits per heavy atom. The van der Waals surface area contributed by atoms with Crippen LogP contribution < -0.4 is 10.6 Å². The van der Waals surface area contributed by atoms with Gasteiger partial charge in [-0.15, -0.1) is 0 Å². The van der Waals surface area contributed by atoms with Crippen LogP contribution in [-0.4, -0.2) is 24.0 Å². The highest BCUT2D eigenvalue weighted by Crippen LogP contribution is 2.05. The average molecular weight is 252 g/mol. The molecular formula is C14H24N2O2. The fraction of sp³-hybridized carbons (Fsp3) is 0.643. The molecule has 1 aromatic heterocycles. The Hall–Kier alpha value is -1.29. The molecule has 1 atom stereocenters. The van der Waals surface area contributed by atoms with Crippen LogP contribution in [0.1, 0.15) is 39.9 Å². The van der Waals surface area contributed by atoms with E-state index in [2.05, 4.69) is 10.6 Å². The third-order valence-electron chi connectivity index (χ3n) is 2.59. The summed E-state index contributed by atoms with van der Waals surface area (Å²) in [6.07, 6.45) is 3.40. The highest BCUT2D eigenvalue weighted by Gasteiger charge is 2.13. The maximum Gasteiger partial charge on any atom is 0.234 e. The van der Waals surface area contributed by atoms with Crippen molar-refractivity contribution in [1.82, 2.24) is 10.6 Å². The molecule has 4 heteroatoms. The molecule has 102 valence electrons. The molecule has 1 aromatic rings. The monoisotopic (exact) mass is 252 g/mol. The standard InChI is InChI=1S/C14H24N2O2/c1-11(7-8-12-6-5-9-18-12)16-13(17)10-15-14(2,3)4/h5-6,9,11,15H,7-8,10H2,1-4H3,(H,16,17). The van der Waals surface area contributed by atoms with E-state index in [1.165, 1.54) is 0 Å². The lowest BCUT2D eigenvalue weighted by atomic mass is 10.1. The van der Waals surface area contributed by atoms with Crippen LogP contribution in [0.25, 0.3) is 0 Å². The minimum Gasteiger partial charge on any atom is -0.469 e. The summed E-state index contributed by atoms with van der Waals surface area (Å²) in [5.74, 6) is 1.00. The van der Waals surface area contributed by atoms with Gasteiger partial charge >= 0.3 is 0 Å². The van der Waals surface area contributed by atoms with Crippen LogP contribution in [-0.2, 0) is 11.2 Å². The molecule has 1 unspecified atom stereocenters. The number of furan rings is 1. The summed E-state index contributed by atoms with van der Waals surface area (Å²) in [5.41, 5.74) is -0.0330. The minimum absolute atomic E-state index is 0.0330. The molecule has 2 N–H and O–H groups in total. The Balaban J connectivity index is 2.19. The quantitative estimate of drug-likeness (QED) is 0.815. The Labute approximate surface area is 109 Å². The third kappa shape index (κ3) is 6.45. The van der Waals surface area contributed by atoms with Gasteiger partial charge in [0.05, 0.1) is 12.8 Å². The molecule has 18 heavy (non-hydrogen) atoms. The van der Waals surface area contributed by atoms with Crippen LogP contribution in [0.3, 0.4) is 0 Å². The third-order valence-corrected chi connectivity index (χ3v) is 2.59. The van der Waals surface area contributed by atoms with Crippen molar-refractivity contribution in [2.75, 3.05) is 6.54 Å². The first kappa shape index (κ1) is 14.8. The first-order valence-corrected chi connectivity index (χ1v) is 6.43. The predicted octanol–water partition coefficient (Wildman–Crippen LogP) is 2.10. The van der Waals surface area contributed by atoms with Gasteiger partial charge in [-0.2, -0.15) is 0 Å². The molecular weight excluding hydrogens is 228 g/mol. The zero-order valence-corrected chi connectivity index (χ0v) is 11.7. The van der Waals surface area contributed by atoms with E-state index in [0.717, 1.165) is 18.6 Å². The maximum absolute atomic E-state index is 11.7. The van der Waals surface area contributed by atoms with E-state index >= 15 is 0 Å². The Morgan fingerprint density at radius 1 is 1.44 bits per heavy atom. The van der Waals surface area contributed by atoms with Crippen molar-refractivity contribution in [2.24, 2.45) is 0 Å². The first-order chi connectivity index (χ1) is 8.37. The summed E-state index contributed by atoms with van der Waals surface area (Å²) >= 11 is 0. The average Bonchev–Trinajstić information content (AvgIpc) is 2.75. The fourth-order valence-corrected chi connectivity index (χ4v) is 1.56. The first-order valence-electron chi connectivity index (χ1n) is 6.43. The van der Waals surface area contributed by atoms with Crippen LogP contribution >= 0.6 is 0 Å².